The molecule has 178 valence electrons. The van der Waals surface area contributed by atoms with E-state index in [2.05, 4.69) is 5.32 Å². The van der Waals surface area contributed by atoms with Gasteiger partial charge in [0, 0.05) is 18.2 Å². The van der Waals surface area contributed by atoms with Crippen LogP contribution in [0.25, 0.3) is 11.1 Å². The van der Waals surface area contributed by atoms with Crippen LogP contribution in [0, 0.1) is 10.1 Å². The molecule has 10 heteroatoms. The molecule has 0 radical (unpaired) electrons. The molecule has 0 fully saturated rings. The Morgan fingerprint density at radius 1 is 0.806 bits per heavy atom. The molecule has 1 amide bonds. The van der Waals surface area contributed by atoms with Crippen LogP contribution in [-0.2, 0) is 16.6 Å². The first-order valence-corrected chi connectivity index (χ1v) is 12.1. The molecule has 0 aliphatic heterocycles. The molecule has 8 nitrogen and oxygen atoms in total. The van der Waals surface area contributed by atoms with Gasteiger partial charge in [-0.15, -0.1) is 0 Å². The van der Waals surface area contributed by atoms with Gasteiger partial charge in [0.2, 0.25) is 0 Å². The third kappa shape index (κ3) is 6.87. The van der Waals surface area contributed by atoms with Crippen LogP contribution in [0.15, 0.2) is 108 Å². The Bertz CT molecular complexity index is 1460. The van der Waals surface area contributed by atoms with Gasteiger partial charge >= 0.3 is 51.4 Å². The van der Waals surface area contributed by atoms with Crippen LogP contribution in [0.5, 0.6) is 0 Å². The molecule has 4 aromatic carbocycles. The SMILES string of the molecule is O=C(NS(=O)(=O)c1ccccc1)c1ccc([N+](=O)[O-])c(NCc2ccc(-c3ccccc3)cc2)c1.[KH]. The Morgan fingerprint density at radius 3 is 2.00 bits per heavy atom. The molecule has 0 atom stereocenters. The van der Waals surface area contributed by atoms with Crippen LogP contribution in [0.2, 0.25) is 0 Å². The summed E-state index contributed by atoms with van der Waals surface area (Å²) in [5.41, 5.74) is 2.84. The summed E-state index contributed by atoms with van der Waals surface area (Å²) in [7, 11) is -4.08. The topological polar surface area (TPSA) is 118 Å². The van der Waals surface area contributed by atoms with Gasteiger partial charge in [0.05, 0.1) is 9.82 Å². The number of hydrogen-bond donors (Lipinski definition) is 2. The molecule has 0 unspecified atom stereocenters. The van der Waals surface area contributed by atoms with E-state index < -0.39 is 20.9 Å². The zero-order chi connectivity index (χ0) is 24.8. The normalized spacial score (nSPS) is 10.7. The average molecular weight is 528 g/mol. The van der Waals surface area contributed by atoms with Crippen molar-refractivity contribution in [2.75, 3.05) is 5.32 Å². The maximum absolute atomic E-state index is 12.6. The fraction of sp³-hybridized carbons (Fsp3) is 0.0385. The molecule has 0 bridgehead atoms. The second-order valence-electron chi connectivity index (χ2n) is 7.65. The third-order valence-corrected chi connectivity index (χ3v) is 6.63. The van der Waals surface area contributed by atoms with Crippen molar-refractivity contribution in [2.24, 2.45) is 0 Å². The summed E-state index contributed by atoms with van der Waals surface area (Å²) in [5, 5.41) is 14.5. The molecule has 36 heavy (non-hydrogen) atoms. The number of hydrogen-bond acceptors (Lipinski definition) is 6. The average Bonchev–Trinajstić information content (AvgIpc) is 2.88. The zero-order valence-electron chi connectivity index (χ0n) is 18.4. The molecule has 0 saturated heterocycles. The van der Waals surface area contributed by atoms with E-state index in [4.69, 9.17) is 0 Å². The number of anilines is 1. The van der Waals surface area contributed by atoms with Gasteiger partial charge in [0.15, 0.2) is 0 Å². The van der Waals surface area contributed by atoms with Crippen LogP contribution in [0.1, 0.15) is 15.9 Å². The maximum atomic E-state index is 12.6. The summed E-state index contributed by atoms with van der Waals surface area (Å²) in [6, 6.07) is 28.7. The van der Waals surface area contributed by atoms with Gasteiger partial charge in [0.25, 0.3) is 21.6 Å². The van der Waals surface area contributed by atoms with Crippen LogP contribution < -0.4 is 10.0 Å². The van der Waals surface area contributed by atoms with Crippen molar-refractivity contribution in [1.82, 2.24) is 4.72 Å². The van der Waals surface area contributed by atoms with Crippen LogP contribution in [-0.4, -0.2) is 70.6 Å². The predicted molar refractivity (Wildman–Crippen MR) is 141 cm³/mol. The number of carbonyl (C=O) groups excluding carboxylic acids is 1. The van der Waals surface area contributed by atoms with Crippen molar-refractivity contribution in [2.45, 2.75) is 11.4 Å². The molecule has 0 aliphatic rings. The summed E-state index contributed by atoms with van der Waals surface area (Å²) in [5.74, 6) is -0.890. The van der Waals surface area contributed by atoms with Gasteiger partial charge in [-0.1, -0.05) is 72.8 Å². The van der Waals surface area contributed by atoms with Gasteiger partial charge in [-0.05, 0) is 41.0 Å². The number of nitro groups is 1. The Hall–Kier alpha value is -2.86. The first-order valence-electron chi connectivity index (χ1n) is 10.6. The van der Waals surface area contributed by atoms with Gasteiger partial charge in [-0.25, -0.2) is 13.1 Å². The van der Waals surface area contributed by atoms with E-state index in [1.807, 2.05) is 59.3 Å². The van der Waals surface area contributed by atoms with E-state index >= 15 is 0 Å². The Balaban J connectivity index is 0.00000361. The zero-order valence-corrected chi connectivity index (χ0v) is 19.2. The molecule has 0 heterocycles. The molecular formula is C26H22KN3O5S. The molecule has 4 aromatic rings. The van der Waals surface area contributed by atoms with E-state index in [1.54, 1.807) is 18.2 Å². The number of amides is 1. The van der Waals surface area contributed by atoms with Crippen molar-refractivity contribution >= 4 is 78.7 Å². The summed E-state index contributed by atoms with van der Waals surface area (Å²) < 4.78 is 26.9. The van der Waals surface area contributed by atoms with Crippen molar-refractivity contribution < 1.29 is 18.1 Å². The molecule has 4 rings (SSSR count). The molecule has 0 aliphatic carbocycles. The summed E-state index contributed by atoms with van der Waals surface area (Å²) in [4.78, 5) is 23.5. The second-order valence-corrected chi connectivity index (χ2v) is 9.34. The van der Waals surface area contributed by atoms with E-state index in [-0.39, 0.29) is 79.8 Å². The fourth-order valence-corrected chi connectivity index (χ4v) is 4.46. The Morgan fingerprint density at radius 2 is 1.39 bits per heavy atom. The molecule has 2 N–H and O–H groups in total. The van der Waals surface area contributed by atoms with Gasteiger partial charge in [-0.3, -0.25) is 14.9 Å². The summed E-state index contributed by atoms with van der Waals surface area (Å²) in [6.45, 7) is 0.267. The standard InChI is InChI=1S/C26H21N3O5S.K.H/c30-26(28-35(33,34)23-9-5-2-6-10-23)22-15-16-25(29(31)32)24(17-22)27-18-19-11-13-21(14-12-19)20-7-3-1-4-8-20;;/h1-17,27H,18H2,(H,28,30);;. The first-order chi connectivity index (χ1) is 16.8. The van der Waals surface area contributed by atoms with Crippen LogP contribution in [0.4, 0.5) is 11.4 Å². The Labute approximate surface area is 251 Å². The van der Waals surface area contributed by atoms with Gasteiger partial charge < -0.3 is 5.32 Å². The minimum atomic E-state index is -4.08. The second kappa shape index (κ2) is 12.4. The third-order valence-electron chi connectivity index (χ3n) is 5.28. The fourth-order valence-electron chi connectivity index (χ4n) is 3.46. The number of sulfonamides is 1. The summed E-state index contributed by atoms with van der Waals surface area (Å²) in [6.07, 6.45) is 0. The quantitative estimate of drug-likeness (QED) is 0.200. The van der Waals surface area contributed by atoms with E-state index in [0.29, 0.717) is 0 Å². The van der Waals surface area contributed by atoms with Crippen LogP contribution in [0.3, 0.4) is 0 Å². The van der Waals surface area contributed by atoms with E-state index in [9.17, 15) is 23.3 Å². The molecule has 0 aromatic heterocycles. The number of nitrogens with one attached hydrogen (secondary N) is 2. The van der Waals surface area contributed by atoms with Crippen molar-refractivity contribution in [1.29, 1.82) is 0 Å². The molecule has 0 saturated carbocycles. The monoisotopic (exact) mass is 527 g/mol. The van der Waals surface area contributed by atoms with E-state index in [0.717, 1.165) is 16.7 Å². The number of nitrogens with zero attached hydrogens (tertiary/aromatic N) is 1. The number of carbonyl (C=O) groups is 1. The predicted octanol–water partition coefficient (Wildman–Crippen LogP) is 4.34. The first kappa shape index (κ1) is 27.7. The van der Waals surface area contributed by atoms with Gasteiger partial charge in [0.1, 0.15) is 5.69 Å². The molecule has 0 spiro atoms. The van der Waals surface area contributed by atoms with Gasteiger partial charge in [-0.2, -0.15) is 0 Å². The van der Waals surface area contributed by atoms with Crippen LogP contribution >= 0.6 is 0 Å². The van der Waals surface area contributed by atoms with Crippen molar-refractivity contribution in [3.05, 3.63) is 124 Å². The van der Waals surface area contributed by atoms with Crippen molar-refractivity contribution in [3.63, 3.8) is 0 Å². The Kier molecular flexibility index (Phi) is 9.54. The number of rotatable bonds is 8. The molecular weight excluding hydrogens is 505 g/mol. The van der Waals surface area contributed by atoms with Crippen molar-refractivity contribution in [3.8, 4) is 11.1 Å². The number of benzene rings is 4. The summed E-state index contributed by atoms with van der Waals surface area (Å²) >= 11 is 0. The number of nitro benzene ring substituents is 1. The minimum absolute atomic E-state index is 0. The van der Waals surface area contributed by atoms with E-state index in [1.165, 1.54) is 30.3 Å².